The van der Waals surface area contributed by atoms with Gasteiger partial charge in [-0.2, -0.15) is 0 Å². The lowest BCUT2D eigenvalue weighted by atomic mass is 9.98. The number of aliphatic hydroxyl groups is 7. The summed E-state index contributed by atoms with van der Waals surface area (Å²) in [4.78, 5) is 25.9. The van der Waals surface area contributed by atoms with Gasteiger partial charge in [0, 0.05) is 12.8 Å². The number of ether oxygens (including phenoxy) is 6. The number of esters is 2. The molecule has 4 unspecified atom stereocenters. The molecular formula is C62H114O15. The summed E-state index contributed by atoms with van der Waals surface area (Å²) in [6.45, 7) is 2.62. The predicted molar refractivity (Wildman–Crippen MR) is 303 cm³/mol. The minimum atomic E-state index is -1.77. The second-order valence-corrected chi connectivity index (χ2v) is 22.2. The molecule has 0 bridgehead atoms. The summed E-state index contributed by atoms with van der Waals surface area (Å²) in [6.07, 6.45) is 37.8. The first kappa shape index (κ1) is 71.1. The van der Waals surface area contributed by atoms with Gasteiger partial charge in [0.15, 0.2) is 18.7 Å². The highest BCUT2D eigenvalue weighted by atomic mass is 16.7. The molecule has 0 aromatic rings. The van der Waals surface area contributed by atoms with Crippen molar-refractivity contribution >= 4 is 11.9 Å². The fraction of sp³-hybridized carbons (Fsp3) is 0.903. The Morgan fingerprint density at radius 2 is 0.766 bits per heavy atom. The first-order valence-electron chi connectivity index (χ1n) is 31.4. The maximum Gasteiger partial charge on any atom is 0.306 e. The lowest BCUT2D eigenvalue weighted by Gasteiger charge is -2.42. The largest absolute Gasteiger partial charge is 0.462 e. The van der Waals surface area contributed by atoms with Crippen LogP contribution in [0, 0.1) is 0 Å². The normalized spacial score (nSPS) is 24.3. The topological polar surface area (TPSA) is 231 Å². The molecule has 15 nitrogen and oxygen atoms in total. The summed E-state index contributed by atoms with van der Waals surface area (Å²) < 4.78 is 33.7. The molecule has 2 rings (SSSR count). The molecule has 0 aromatic heterocycles. The lowest BCUT2D eigenvalue weighted by Crippen LogP contribution is -2.61. The zero-order chi connectivity index (χ0) is 56.0. The number of hydrogen-bond donors (Lipinski definition) is 7. The molecule has 0 aromatic carbocycles. The maximum absolute atomic E-state index is 13.1. The van der Waals surface area contributed by atoms with Crippen LogP contribution in [0.15, 0.2) is 24.3 Å². The maximum atomic E-state index is 13.1. The van der Waals surface area contributed by atoms with Gasteiger partial charge in [0.2, 0.25) is 0 Å². The molecule has 11 atom stereocenters. The van der Waals surface area contributed by atoms with E-state index in [4.69, 9.17) is 28.4 Å². The third kappa shape index (κ3) is 35.5. The lowest BCUT2D eigenvalue weighted by molar-refractivity contribution is -0.332. The van der Waals surface area contributed by atoms with Crippen LogP contribution in [0.4, 0.5) is 0 Å². The van der Waals surface area contributed by atoms with E-state index in [1.54, 1.807) is 0 Å². The molecule has 0 amide bonds. The molecule has 7 N–H and O–H groups in total. The average molecular weight is 1100 g/mol. The number of unbranched alkanes of at least 4 members (excludes halogenated alkanes) is 33. The Balaban J connectivity index is 1.73. The fourth-order valence-electron chi connectivity index (χ4n) is 10.1. The van der Waals surface area contributed by atoms with E-state index in [1.165, 1.54) is 180 Å². The van der Waals surface area contributed by atoms with Gasteiger partial charge in [0.05, 0.1) is 19.8 Å². The van der Waals surface area contributed by atoms with Gasteiger partial charge in [-0.25, -0.2) is 0 Å². The monoisotopic (exact) mass is 1100 g/mol. The molecule has 2 fully saturated rings. The van der Waals surface area contributed by atoms with Gasteiger partial charge in [-0.3, -0.25) is 9.59 Å². The highest BCUT2D eigenvalue weighted by Crippen LogP contribution is 2.27. The van der Waals surface area contributed by atoms with Crippen molar-refractivity contribution in [1.29, 1.82) is 0 Å². The summed E-state index contributed by atoms with van der Waals surface area (Å²) in [7, 11) is 0. The Hall–Kier alpha value is -2.02. The van der Waals surface area contributed by atoms with Gasteiger partial charge in [-0.05, 0) is 44.9 Å². The van der Waals surface area contributed by atoms with Crippen molar-refractivity contribution in [3.63, 3.8) is 0 Å². The zero-order valence-corrected chi connectivity index (χ0v) is 48.5. The standard InChI is InChI=1S/C62H114O15/c1-3-5-7-9-11-13-15-17-19-21-23-24-25-26-27-29-30-32-34-36-38-40-42-44-53(64)72-47-50(75-54(65)45-43-41-39-37-35-33-31-28-22-20-18-16-14-12-10-8-6-4-2)48-73-61-60(71)58(69)56(67)52(77-61)49-74-62-59(70)57(68)55(66)51(46-63)76-62/h29-30,36,38,50-52,55-63,66-71H,3-28,31-35,37,39-49H2,1-2H3/b30-29+,38-36+/t50-,51+,52+,55-,56-,57?,58?,59?,60?,61+,62+/m0/s1. The molecule has 2 heterocycles. The number of hydrogen-bond acceptors (Lipinski definition) is 15. The Labute approximate surface area is 466 Å². The van der Waals surface area contributed by atoms with Crippen LogP contribution in [-0.4, -0.2) is 142 Å². The summed E-state index contributed by atoms with van der Waals surface area (Å²) in [5.41, 5.74) is 0. The number of rotatable bonds is 51. The second kappa shape index (κ2) is 48.7. The van der Waals surface area contributed by atoms with Crippen molar-refractivity contribution in [2.45, 2.75) is 332 Å². The van der Waals surface area contributed by atoms with Crippen LogP contribution in [0.1, 0.15) is 264 Å². The number of carbonyl (C=O) groups is 2. The van der Waals surface area contributed by atoms with Gasteiger partial charge < -0.3 is 64.2 Å². The first-order chi connectivity index (χ1) is 37.5. The number of aliphatic hydroxyl groups excluding tert-OH is 7. The first-order valence-corrected chi connectivity index (χ1v) is 31.4. The van der Waals surface area contributed by atoms with Crippen molar-refractivity contribution < 1.29 is 73.8 Å². The van der Waals surface area contributed by atoms with Gasteiger partial charge in [0.25, 0.3) is 0 Å². The average Bonchev–Trinajstić information content (AvgIpc) is 3.43. The highest BCUT2D eigenvalue weighted by Gasteiger charge is 2.47. The van der Waals surface area contributed by atoms with Crippen molar-refractivity contribution in [3.8, 4) is 0 Å². The van der Waals surface area contributed by atoms with E-state index in [-0.39, 0.29) is 26.1 Å². The minimum Gasteiger partial charge on any atom is -0.462 e. The van der Waals surface area contributed by atoms with Crippen LogP contribution < -0.4 is 0 Å². The highest BCUT2D eigenvalue weighted by molar-refractivity contribution is 5.70. The quantitative estimate of drug-likeness (QED) is 0.0171. The van der Waals surface area contributed by atoms with E-state index in [0.717, 1.165) is 38.5 Å². The number of carbonyl (C=O) groups excluding carboxylic acids is 2. The van der Waals surface area contributed by atoms with E-state index >= 15 is 0 Å². The Morgan fingerprint density at radius 3 is 1.22 bits per heavy atom. The summed E-state index contributed by atoms with van der Waals surface area (Å²) in [6, 6.07) is 0. The van der Waals surface area contributed by atoms with Gasteiger partial charge in [-0.1, -0.05) is 231 Å². The summed E-state index contributed by atoms with van der Waals surface area (Å²) in [5.74, 6) is -0.959. The predicted octanol–water partition coefficient (Wildman–Crippen LogP) is 11.4. The molecule has 0 spiro atoms. The molecule has 2 saturated heterocycles. The van der Waals surface area contributed by atoms with E-state index < -0.39 is 92.7 Å². The smallest absolute Gasteiger partial charge is 0.306 e. The van der Waals surface area contributed by atoms with Gasteiger partial charge >= 0.3 is 11.9 Å². The van der Waals surface area contributed by atoms with Gasteiger partial charge in [-0.15, -0.1) is 0 Å². The van der Waals surface area contributed by atoms with Crippen molar-refractivity contribution in [1.82, 2.24) is 0 Å². The fourth-order valence-corrected chi connectivity index (χ4v) is 10.1. The Morgan fingerprint density at radius 1 is 0.403 bits per heavy atom. The molecule has 452 valence electrons. The van der Waals surface area contributed by atoms with Gasteiger partial charge in [0.1, 0.15) is 55.4 Å². The van der Waals surface area contributed by atoms with Crippen LogP contribution in [0.3, 0.4) is 0 Å². The molecule has 0 radical (unpaired) electrons. The Bertz CT molecular complexity index is 1430. The Kier molecular flexibility index (Phi) is 44.9. The van der Waals surface area contributed by atoms with E-state index in [2.05, 4.69) is 38.2 Å². The van der Waals surface area contributed by atoms with E-state index in [1.807, 2.05) is 0 Å². The van der Waals surface area contributed by atoms with Crippen molar-refractivity contribution in [2.24, 2.45) is 0 Å². The molecule has 15 heteroatoms. The molecule has 2 aliphatic heterocycles. The number of allylic oxidation sites excluding steroid dienone is 4. The van der Waals surface area contributed by atoms with Crippen LogP contribution in [0.2, 0.25) is 0 Å². The van der Waals surface area contributed by atoms with Crippen molar-refractivity contribution in [3.05, 3.63) is 24.3 Å². The SMILES string of the molecule is CCCCCCCCCCCCCCCC/C=C/CC/C=C/CCCC(=O)OC[C@@H](CO[C@@H]1O[C@H](CO[C@@H]2O[C@H](CO)[C@H](O)C(O)C2O)[C@H](O)C(O)C1O)OC(=O)CCCCCCCCCCCCCCCCCCCC. The second-order valence-electron chi connectivity index (χ2n) is 22.2. The van der Waals surface area contributed by atoms with Crippen LogP contribution in [0.5, 0.6) is 0 Å². The van der Waals surface area contributed by atoms with Crippen LogP contribution >= 0.6 is 0 Å². The van der Waals surface area contributed by atoms with Crippen LogP contribution in [0.25, 0.3) is 0 Å². The molecule has 0 aliphatic carbocycles. The minimum absolute atomic E-state index is 0.162. The summed E-state index contributed by atoms with van der Waals surface area (Å²) >= 11 is 0. The third-order valence-corrected chi connectivity index (χ3v) is 15.2. The third-order valence-electron chi connectivity index (χ3n) is 15.2. The zero-order valence-electron chi connectivity index (χ0n) is 48.5. The molecule has 0 saturated carbocycles. The molecule has 77 heavy (non-hydrogen) atoms. The molecular weight excluding hydrogens is 985 g/mol. The summed E-state index contributed by atoms with van der Waals surface area (Å²) in [5, 5.41) is 72.4. The van der Waals surface area contributed by atoms with E-state index in [0.29, 0.717) is 19.3 Å². The van der Waals surface area contributed by atoms with Crippen LogP contribution in [-0.2, 0) is 38.0 Å². The molecule has 2 aliphatic rings. The van der Waals surface area contributed by atoms with E-state index in [9.17, 15) is 45.3 Å². The van der Waals surface area contributed by atoms with Crippen molar-refractivity contribution in [2.75, 3.05) is 26.4 Å².